The molecule has 0 unspecified atom stereocenters. The molecule has 0 saturated heterocycles. The van der Waals surface area contributed by atoms with E-state index >= 15 is 0 Å². The summed E-state index contributed by atoms with van der Waals surface area (Å²) in [5.74, 6) is 0.514. The molecule has 0 fully saturated rings. The van der Waals surface area contributed by atoms with Crippen molar-refractivity contribution >= 4 is 5.91 Å². The monoisotopic (exact) mass is 303 g/mol. The molecule has 2 aromatic rings. The maximum absolute atomic E-state index is 12.2. The molecule has 22 heavy (non-hydrogen) atoms. The van der Waals surface area contributed by atoms with Crippen molar-refractivity contribution in [1.29, 1.82) is 0 Å². The van der Waals surface area contributed by atoms with Crippen molar-refractivity contribution in [2.24, 2.45) is 7.05 Å². The number of amides is 1. The summed E-state index contributed by atoms with van der Waals surface area (Å²) in [7, 11) is 1.61. The van der Waals surface area contributed by atoms with Gasteiger partial charge in [-0.2, -0.15) is 5.10 Å². The summed E-state index contributed by atoms with van der Waals surface area (Å²) < 4.78 is 8.33. The molecule has 1 amide bonds. The maximum Gasteiger partial charge on any atom is 0.345 e. The molecule has 0 N–H and O–H groups in total. The summed E-state index contributed by atoms with van der Waals surface area (Å²) in [6.07, 6.45) is 3.37. The van der Waals surface area contributed by atoms with Gasteiger partial charge in [0.05, 0.1) is 13.2 Å². The van der Waals surface area contributed by atoms with E-state index in [1.165, 1.54) is 4.68 Å². The fourth-order valence-electron chi connectivity index (χ4n) is 2.41. The summed E-state index contributed by atoms with van der Waals surface area (Å²) >= 11 is 0. The molecule has 0 aromatic carbocycles. The fourth-order valence-corrected chi connectivity index (χ4v) is 2.41. The molecular formula is C14H17N5O3. The van der Waals surface area contributed by atoms with Gasteiger partial charge < -0.3 is 9.64 Å². The number of fused-ring (bicyclic) bond motifs is 1. The van der Waals surface area contributed by atoms with Gasteiger partial charge >= 0.3 is 5.69 Å². The summed E-state index contributed by atoms with van der Waals surface area (Å²) in [6.45, 7) is 1.69. The minimum absolute atomic E-state index is 0.0133. The zero-order chi connectivity index (χ0) is 15.5. The van der Waals surface area contributed by atoms with E-state index in [1.54, 1.807) is 28.9 Å². The first-order valence-electron chi connectivity index (χ1n) is 7.02. The lowest BCUT2D eigenvalue weighted by Crippen LogP contribution is -2.42. The van der Waals surface area contributed by atoms with Crippen LogP contribution in [0.25, 0.3) is 0 Å². The molecule has 8 nitrogen and oxygen atoms in total. The first-order valence-corrected chi connectivity index (χ1v) is 7.02. The van der Waals surface area contributed by atoms with Crippen molar-refractivity contribution in [3.63, 3.8) is 0 Å². The van der Waals surface area contributed by atoms with Crippen LogP contribution in [0.1, 0.15) is 11.4 Å². The van der Waals surface area contributed by atoms with Gasteiger partial charge in [0.2, 0.25) is 5.91 Å². The number of hydrogen-bond donors (Lipinski definition) is 0. The van der Waals surface area contributed by atoms with E-state index in [-0.39, 0.29) is 18.2 Å². The number of nitrogens with zero attached hydrogens (tertiary/aromatic N) is 5. The number of ether oxygens (including phenoxy) is 1. The van der Waals surface area contributed by atoms with E-state index in [0.717, 1.165) is 5.56 Å². The summed E-state index contributed by atoms with van der Waals surface area (Å²) in [6, 6.07) is 3.69. The number of aromatic nitrogens is 4. The lowest BCUT2D eigenvalue weighted by Gasteiger charge is -2.26. The molecule has 3 rings (SSSR count). The van der Waals surface area contributed by atoms with Crippen LogP contribution < -0.4 is 5.69 Å². The number of rotatable bonds is 4. The minimum atomic E-state index is -0.143. The molecule has 8 heteroatoms. The highest BCUT2D eigenvalue weighted by Crippen LogP contribution is 2.08. The van der Waals surface area contributed by atoms with Gasteiger partial charge in [-0.25, -0.2) is 9.48 Å². The van der Waals surface area contributed by atoms with Crippen molar-refractivity contribution in [2.45, 2.75) is 19.7 Å². The van der Waals surface area contributed by atoms with Gasteiger partial charge in [-0.05, 0) is 17.7 Å². The van der Waals surface area contributed by atoms with Gasteiger partial charge in [0, 0.05) is 32.5 Å². The van der Waals surface area contributed by atoms with Crippen LogP contribution in [-0.2, 0) is 36.3 Å². The zero-order valence-corrected chi connectivity index (χ0v) is 12.3. The Kier molecular flexibility index (Phi) is 4.01. The molecule has 0 aliphatic carbocycles. The number of hydrogen-bond acceptors (Lipinski definition) is 5. The predicted octanol–water partition coefficient (Wildman–Crippen LogP) is -0.464. The zero-order valence-electron chi connectivity index (χ0n) is 12.3. The van der Waals surface area contributed by atoms with Gasteiger partial charge in [-0.3, -0.25) is 14.3 Å². The summed E-state index contributed by atoms with van der Waals surface area (Å²) in [5, 5.41) is 4.14. The van der Waals surface area contributed by atoms with Crippen LogP contribution in [0.3, 0.4) is 0 Å². The quantitative estimate of drug-likeness (QED) is 0.763. The largest absolute Gasteiger partial charge is 0.367 e. The van der Waals surface area contributed by atoms with E-state index in [2.05, 4.69) is 10.1 Å². The van der Waals surface area contributed by atoms with Gasteiger partial charge in [-0.1, -0.05) is 0 Å². The lowest BCUT2D eigenvalue weighted by molar-refractivity contribution is -0.138. The van der Waals surface area contributed by atoms with E-state index < -0.39 is 0 Å². The number of aryl methyl sites for hydroxylation is 1. The van der Waals surface area contributed by atoms with Crippen molar-refractivity contribution < 1.29 is 9.53 Å². The highest BCUT2D eigenvalue weighted by molar-refractivity contribution is 5.77. The molecule has 1 aliphatic rings. The predicted molar refractivity (Wildman–Crippen MR) is 76.8 cm³/mol. The van der Waals surface area contributed by atoms with Gasteiger partial charge in [0.25, 0.3) is 0 Å². The van der Waals surface area contributed by atoms with E-state index in [4.69, 9.17) is 4.74 Å². The summed E-state index contributed by atoms with van der Waals surface area (Å²) in [5.41, 5.74) is 0.830. The second-order valence-corrected chi connectivity index (χ2v) is 5.14. The van der Waals surface area contributed by atoms with Crippen LogP contribution in [0.2, 0.25) is 0 Å². The van der Waals surface area contributed by atoms with Gasteiger partial charge in [0.1, 0.15) is 6.61 Å². The molecule has 0 radical (unpaired) electrons. The molecule has 0 bridgehead atoms. The van der Waals surface area contributed by atoms with Gasteiger partial charge in [0.15, 0.2) is 5.82 Å². The SMILES string of the molecule is Cn1nc2n(c1=O)CCN(C(=O)COCc1ccncc1)C2. The molecule has 0 atom stereocenters. The molecule has 3 heterocycles. The molecule has 0 spiro atoms. The fraction of sp³-hybridized carbons (Fsp3) is 0.429. The van der Waals surface area contributed by atoms with Crippen molar-refractivity contribution in [3.8, 4) is 0 Å². The normalized spacial score (nSPS) is 14.0. The second kappa shape index (κ2) is 6.10. The second-order valence-electron chi connectivity index (χ2n) is 5.14. The van der Waals surface area contributed by atoms with Crippen LogP contribution >= 0.6 is 0 Å². The van der Waals surface area contributed by atoms with Crippen LogP contribution in [0, 0.1) is 0 Å². The van der Waals surface area contributed by atoms with E-state index in [1.807, 2.05) is 12.1 Å². The standard InChI is InChI=1S/C14H17N5O3/c1-17-14(21)19-7-6-18(8-12(19)16-17)13(20)10-22-9-11-2-4-15-5-3-11/h2-5H,6-10H2,1H3. The maximum atomic E-state index is 12.2. The average molecular weight is 303 g/mol. The average Bonchev–Trinajstić information content (AvgIpc) is 2.82. The summed E-state index contributed by atoms with van der Waals surface area (Å²) in [4.78, 5) is 29.5. The minimum Gasteiger partial charge on any atom is -0.367 e. The smallest absolute Gasteiger partial charge is 0.345 e. The van der Waals surface area contributed by atoms with Crippen molar-refractivity contribution in [3.05, 3.63) is 46.4 Å². The Bertz CT molecular complexity index is 722. The first-order chi connectivity index (χ1) is 10.6. The third kappa shape index (κ3) is 2.91. The Balaban J connectivity index is 1.54. The van der Waals surface area contributed by atoms with Crippen LogP contribution in [0.5, 0.6) is 0 Å². The van der Waals surface area contributed by atoms with Crippen LogP contribution in [-0.4, -0.2) is 43.3 Å². The third-order valence-electron chi connectivity index (χ3n) is 3.61. The number of carbonyl (C=O) groups is 1. The Morgan fingerprint density at radius 1 is 1.32 bits per heavy atom. The molecule has 1 aliphatic heterocycles. The van der Waals surface area contributed by atoms with Crippen molar-refractivity contribution in [1.82, 2.24) is 24.2 Å². The molecule has 0 saturated carbocycles. The van der Waals surface area contributed by atoms with Crippen LogP contribution in [0.4, 0.5) is 0 Å². The van der Waals surface area contributed by atoms with E-state index in [0.29, 0.717) is 32.1 Å². The van der Waals surface area contributed by atoms with E-state index in [9.17, 15) is 9.59 Å². The first kappa shape index (κ1) is 14.5. The Hall–Kier alpha value is -2.48. The Morgan fingerprint density at radius 2 is 2.09 bits per heavy atom. The topological polar surface area (TPSA) is 82.2 Å². The van der Waals surface area contributed by atoms with Crippen molar-refractivity contribution in [2.75, 3.05) is 13.2 Å². The molecule has 116 valence electrons. The lowest BCUT2D eigenvalue weighted by atomic mass is 10.3. The Labute approximate surface area is 126 Å². The third-order valence-corrected chi connectivity index (χ3v) is 3.61. The highest BCUT2D eigenvalue weighted by Gasteiger charge is 2.24. The Morgan fingerprint density at radius 3 is 2.86 bits per heavy atom. The highest BCUT2D eigenvalue weighted by atomic mass is 16.5. The number of pyridine rings is 1. The number of carbonyl (C=O) groups excluding carboxylic acids is 1. The molecular weight excluding hydrogens is 286 g/mol. The van der Waals surface area contributed by atoms with Gasteiger partial charge in [-0.15, -0.1) is 0 Å². The molecule has 2 aromatic heterocycles. The van der Waals surface area contributed by atoms with Crippen LogP contribution in [0.15, 0.2) is 29.3 Å².